The van der Waals surface area contributed by atoms with Crippen molar-refractivity contribution in [2.24, 2.45) is 0 Å². The second kappa shape index (κ2) is 6.19. The molecule has 0 amide bonds. The van der Waals surface area contributed by atoms with E-state index in [1.165, 1.54) is 13.2 Å². The minimum absolute atomic E-state index is 0.0527. The molecule has 4 heterocycles. The third kappa shape index (κ3) is 2.68. The van der Waals surface area contributed by atoms with Crippen LogP contribution < -0.4 is 0 Å². The predicted molar refractivity (Wildman–Crippen MR) is 89.8 cm³/mol. The standard InChI is InChI=1S/C15H18N4O4S2/c1-23-15(20)14-13(4-7-24-14)25(21,22)18-10-2-3-11(18)9-12(8-10)19-16-5-6-17-19/h4-7,10-12H,2-3,8-9H2,1H3. The van der Waals surface area contributed by atoms with Crippen LogP contribution in [0, 0.1) is 0 Å². The van der Waals surface area contributed by atoms with Crippen molar-refractivity contribution >= 4 is 27.3 Å². The number of sulfonamides is 1. The van der Waals surface area contributed by atoms with Gasteiger partial charge >= 0.3 is 5.97 Å². The van der Waals surface area contributed by atoms with Crippen LogP contribution in [0.4, 0.5) is 0 Å². The number of carbonyl (C=O) groups is 1. The van der Waals surface area contributed by atoms with E-state index in [0.717, 1.165) is 24.2 Å². The third-order valence-electron chi connectivity index (χ3n) is 4.96. The summed E-state index contributed by atoms with van der Waals surface area (Å²) >= 11 is 1.09. The molecule has 2 aliphatic rings. The van der Waals surface area contributed by atoms with Gasteiger partial charge in [-0.05, 0) is 37.1 Å². The highest BCUT2D eigenvalue weighted by Crippen LogP contribution is 2.44. The summed E-state index contributed by atoms with van der Waals surface area (Å²) in [4.78, 5) is 13.8. The fraction of sp³-hybridized carbons (Fsp3) is 0.533. The van der Waals surface area contributed by atoms with Crippen molar-refractivity contribution in [1.82, 2.24) is 19.3 Å². The average Bonchev–Trinajstić information content (AvgIpc) is 3.33. The van der Waals surface area contributed by atoms with Crippen LogP contribution in [0.5, 0.6) is 0 Å². The zero-order valence-corrected chi connectivity index (χ0v) is 15.2. The molecule has 2 aromatic rings. The summed E-state index contributed by atoms with van der Waals surface area (Å²) in [6.07, 6.45) is 6.28. The smallest absolute Gasteiger partial charge is 0.349 e. The third-order valence-corrected chi connectivity index (χ3v) is 8.03. The Balaban J connectivity index is 1.65. The normalized spacial score (nSPS) is 26.7. The van der Waals surface area contributed by atoms with E-state index in [1.807, 2.05) is 0 Å². The number of ether oxygens (including phenoxy) is 1. The van der Waals surface area contributed by atoms with Gasteiger partial charge in [0.05, 0.1) is 25.5 Å². The van der Waals surface area contributed by atoms with E-state index in [0.29, 0.717) is 12.8 Å². The van der Waals surface area contributed by atoms with Crippen molar-refractivity contribution in [2.45, 2.75) is 48.7 Å². The van der Waals surface area contributed by atoms with Crippen LogP contribution in [-0.2, 0) is 14.8 Å². The van der Waals surface area contributed by atoms with Gasteiger partial charge in [-0.15, -0.1) is 11.3 Å². The summed E-state index contributed by atoms with van der Waals surface area (Å²) in [5.41, 5.74) is 0. The highest BCUT2D eigenvalue weighted by atomic mass is 32.2. The Labute approximate surface area is 149 Å². The van der Waals surface area contributed by atoms with Crippen molar-refractivity contribution < 1.29 is 17.9 Å². The van der Waals surface area contributed by atoms with Gasteiger partial charge in [0.25, 0.3) is 0 Å². The summed E-state index contributed by atoms with van der Waals surface area (Å²) in [5.74, 6) is -0.614. The van der Waals surface area contributed by atoms with E-state index in [4.69, 9.17) is 4.74 Å². The SMILES string of the molecule is COC(=O)c1sccc1S(=O)(=O)N1C2CCC1CC(n1nccn1)C2. The predicted octanol–water partition coefficient (Wildman–Crippen LogP) is 1.68. The molecule has 2 aliphatic heterocycles. The van der Waals surface area contributed by atoms with Crippen molar-refractivity contribution in [3.63, 3.8) is 0 Å². The second-order valence-corrected chi connectivity index (χ2v) is 9.03. The van der Waals surface area contributed by atoms with Gasteiger partial charge in [0.15, 0.2) is 0 Å². The molecule has 2 saturated heterocycles. The minimum Gasteiger partial charge on any atom is -0.465 e. The maximum Gasteiger partial charge on any atom is 0.349 e. The van der Waals surface area contributed by atoms with Crippen LogP contribution in [0.3, 0.4) is 0 Å². The molecule has 2 unspecified atom stereocenters. The molecule has 0 saturated carbocycles. The van der Waals surface area contributed by atoms with Gasteiger partial charge in [0, 0.05) is 12.1 Å². The van der Waals surface area contributed by atoms with Crippen molar-refractivity contribution in [2.75, 3.05) is 7.11 Å². The van der Waals surface area contributed by atoms with E-state index in [-0.39, 0.29) is 27.9 Å². The lowest BCUT2D eigenvalue weighted by Gasteiger charge is -2.37. The zero-order valence-electron chi connectivity index (χ0n) is 13.6. The maximum atomic E-state index is 13.2. The quantitative estimate of drug-likeness (QED) is 0.747. The number of hydrogen-bond acceptors (Lipinski definition) is 7. The zero-order chi connectivity index (χ0) is 17.6. The molecule has 0 N–H and O–H groups in total. The van der Waals surface area contributed by atoms with Crippen molar-refractivity contribution in [3.05, 3.63) is 28.7 Å². The Kier molecular flexibility index (Phi) is 4.13. The first-order valence-corrected chi connectivity index (χ1v) is 10.4. The molecular weight excluding hydrogens is 364 g/mol. The molecule has 2 fully saturated rings. The molecule has 4 rings (SSSR count). The Morgan fingerprint density at radius 3 is 2.44 bits per heavy atom. The second-order valence-electron chi connectivity index (χ2n) is 6.30. The first-order chi connectivity index (χ1) is 12.0. The molecule has 134 valence electrons. The highest BCUT2D eigenvalue weighted by Gasteiger charge is 2.49. The molecule has 2 aromatic heterocycles. The number of fused-ring (bicyclic) bond motifs is 2. The Morgan fingerprint density at radius 1 is 1.20 bits per heavy atom. The summed E-state index contributed by atoms with van der Waals surface area (Å²) in [6.45, 7) is 0. The van der Waals surface area contributed by atoms with Crippen molar-refractivity contribution in [3.8, 4) is 0 Å². The van der Waals surface area contributed by atoms with Crippen LogP contribution in [0.15, 0.2) is 28.7 Å². The van der Waals surface area contributed by atoms with Crippen LogP contribution in [-0.4, -0.2) is 52.9 Å². The summed E-state index contributed by atoms with van der Waals surface area (Å²) < 4.78 is 32.8. The number of aromatic nitrogens is 3. The fourth-order valence-corrected chi connectivity index (χ4v) is 7.16. The topological polar surface area (TPSA) is 94.4 Å². The largest absolute Gasteiger partial charge is 0.465 e. The maximum absolute atomic E-state index is 13.2. The molecule has 0 aromatic carbocycles. The van der Waals surface area contributed by atoms with Gasteiger partial charge in [-0.3, -0.25) is 0 Å². The first kappa shape index (κ1) is 16.7. The van der Waals surface area contributed by atoms with E-state index in [1.54, 1.807) is 26.9 Å². The Bertz CT molecular complexity index is 863. The molecule has 2 atom stereocenters. The highest BCUT2D eigenvalue weighted by molar-refractivity contribution is 7.89. The number of nitrogens with zero attached hydrogens (tertiary/aromatic N) is 4. The lowest BCUT2D eigenvalue weighted by Crippen LogP contribution is -2.47. The van der Waals surface area contributed by atoms with E-state index in [2.05, 4.69) is 10.2 Å². The number of piperidine rings is 1. The van der Waals surface area contributed by atoms with E-state index < -0.39 is 16.0 Å². The summed E-state index contributed by atoms with van der Waals surface area (Å²) in [7, 11) is -2.49. The molecule has 0 aliphatic carbocycles. The first-order valence-electron chi connectivity index (χ1n) is 8.07. The summed E-state index contributed by atoms with van der Waals surface area (Å²) in [6, 6.07) is 1.42. The Hall–Kier alpha value is -1.78. The number of hydrogen-bond donors (Lipinski definition) is 0. The molecule has 25 heavy (non-hydrogen) atoms. The van der Waals surface area contributed by atoms with Gasteiger partial charge in [-0.1, -0.05) is 0 Å². The van der Waals surface area contributed by atoms with Gasteiger partial charge < -0.3 is 4.74 Å². The molecule has 0 radical (unpaired) electrons. The van der Waals surface area contributed by atoms with Crippen molar-refractivity contribution in [1.29, 1.82) is 0 Å². The van der Waals surface area contributed by atoms with Gasteiger partial charge in [0.2, 0.25) is 10.0 Å². The lowest BCUT2D eigenvalue weighted by molar-refractivity contribution is 0.0602. The molecule has 8 nitrogen and oxygen atoms in total. The number of rotatable bonds is 4. The lowest BCUT2D eigenvalue weighted by atomic mass is 10.0. The van der Waals surface area contributed by atoms with E-state index >= 15 is 0 Å². The average molecular weight is 382 g/mol. The van der Waals surface area contributed by atoms with Crippen LogP contribution in [0.1, 0.15) is 41.4 Å². The van der Waals surface area contributed by atoms with Crippen LogP contribution >= 0.6 is 11.3 Å². The van der Waals surface area contributed by atoms with Crippen LogP contribution in [0.2, 0.25) is 0 Å². The Morgan fingerprint density at radius 2 is 1.84 bits per heavy atom. The molecule has 2 bridgehead atoms. The molecule has 0 spiro atoms. The minimum atomic E-state index is -3.74. The fourth-order valence-electron chi connectivity index (χ4n) is 3.96. The van der Waals surface area contributed by atoms with E-state index in [9.17, 15) is 13.2 Å². The number of methoxy groups -OCH3 is 1. The van der Waals surface area contributed by atoms with Gasteiger partial charge in [0.1, 0.15) is 9.77 Å². The number of carbonyl (C=O) groups excluding carboxylic acids is 1. The number of esters is 1. The van der Waals surface area contributed by atoms with Gasteiger partial charge in [-0.2, -0.15) is 19.3 Å². The van der Waals surface area contributed by atoms with Crippen LogP contribution in [0.25, 0.3) is 0 Å². The monoisotopic (exact) mass is 382 g/mol. The molecule has 10 heteroatoms. The number of thiophene rings is 1. The van der Waals surface area contributed by atoms with Gasteiger partial charge in [-0.25, -0.2) is 13.2 Å². The summed E-state index contributed by atoms with van der Waals surface area (Å²) in [5, 5.41) is 10.0. The molecular formula is C15H18N4O4S2.